The fourth-order valence-electron chi connectivity index (χ4n) is 2.13. The Morgan fingerprint density at radius 1 is 1.33 bits per heavy atom. The molecular formula is C15H20INO. The average Bonchev–Trinajstić information content (AvgIpc) is 3.13. The minimum Gasteiger partial charge on any atom is -0.333 e. The van der Waals surface area contributed by atoms with Gasteiger partial charge in [0.2, 0.25) is 0 Å². The fourth-order valence-corrected chi connectivity index (χ4v) is 2.67. The molecule has 1 saturated carbocycles. The van der Waals surface area contributed by atoms with Crippen LogP contribution in [0.2, 0.25) is 0 Å². The Morgan fingerprint density at radius 2 is 2.00 bits per heavy atom. The molecule has 3 heteroatoms. The SMILES string of the molecule is CC(C)C(C)N(C(=O)c1cccc(I)c1)C1CC1. The van der Waals surface area contributed by atoms with E-state index in [0.717, 1.165) is 22.0 Å². The van der Waals surface area contributed by atoms with E-state index >= 15 is 0 Å². The van der Waals surface area contributed by atoms with E-state index in [-0.39, 0.29) is 5.91 Å². The molecule has 2 nitrogen and oxygen atoms in total. The molecule has 0 radical (unpaired) electrons. The molecule has 0 bridgehead atoms. The Hall–Kier alpha value is -0.580. The number of carbonyl (C=O) groups is 1. The molecule has 1 amide bonds. The smallest absolute Gasteiger partial charge is 0.254 e. The van der Waals surface area contributed by atoms with Crippen molar-refractivity contribution in [3.63, 3.8) is 0 Å². The highest BCUT2D eigenvalue weighted by Crippen LogP contribution is 2.32. The van der Waals surface area contributed by atoms with Gasteiger partial charge >= 0.3 is 0 Å². The normalized spacial score (nSPS) is 16.7. The summed E-state index contributed by atoms with van der Waals surface area (Å²) >= 11 is 2.26. The van der Waals surface area contributed by atoms with Crippen LogP contribution in [-0.4, -0.2) is 22.9 Å². The van der Waals surface area contributed by atoms with Gasteiger partial charge in [-0.25, -0.2) is 0 Å². The summed E-state index contributed by atoms with van der Waals surface area (Å²) < 4.78 is 1.12. The van der Waals surface area contributed by atoms with E-state index in [9.17, 15) is 4.79 Å². The van der Waals surface area contributed by atoms with Gasteiger partial charge in [0.25, 0.3) is 5.91 Å². The van der Waals surface area contributed by atoms with Crippen molar-refractivity contribution in [3.8, 4) is 0 Å². The Morgan fingerprint density at radius 3 is 2.50 bits per heavy atom. The first-order valence-corrected chi connectivity index (χ1v) is 7.67. The molecule has 0 spiro atoms. The third-order valence-electron chi connectivity index (χ3n) is 3.65. The van der Waals surface area contributed by atoms with Crippen molar-refractivity contribution in [1.29, 1.82) is 0 Å². The molecule has 0 aliphatic heterocycles. The van der Waals surface area contributed by atoms with Gasteiger partial charge in [-0.05, 0) is 66.5 Å². The second-order valence-corrected chi connectivity index (χ2v) is 6.68. The molecule has 18 heavy (non-hydrogen) atoms. The summed E-state index contributed by atoms with van der Waals surface area (Å²) in [6, 6.07) is 8.65. The quantitative estimate of drug-likeness (QED) is 0.748. The molecule has 98 valence electrons. The predicted molar refractivity (Wildman–Crippen MR) is 82.7 cm³/mol. The molecule has 1 fully saturated rings. The van der Waals surface area contributed by atoms with E-state index in [1.165, 1.54) is 0 Å². The van der Waals surface area contributed by atoms with Crippen LogP contribution in [0.3, 0.4) is 0 Å². The topological polar surface area (TPSA) is 20.3 Å². The number of rotatable bonds is 4. The number of amides is 1. The number of halogens is 1. The maximum absolute atomic E-state index is 12.6. The van der Waals surface area contributed by atoms with Crippen LogP contribution in [0, 0.1) is 9.49 Å². The summed E-state index contributed by atoms with van der Waals surface area (Å²) in [6.45, 7) is 6.53. The van der Waals surface area contributed by atoms with Gasteiger partial charge in [-0.2, -0.15) is 0 Å². The van der Waals surface area contributed by atoms with Crippen LogP contribution in [0.5, 0.6) is 0 Å². The first kappa shape index (κ1) is 13.8. The van der Waals surface area contributed by atoms with Crippen molar-refractivity contribution in [2.24, 2.45) is 5.92 Å². The van der Waals surface area contributed by atoms with Gasteiger partial charge in [0.1, 0.15) is 0 Å². The minimum atomic E-state index is 0.192. The van der Waals surface area contributed by atoms with Crippen LogP contribution < -0.4 is 0 Å². The zero-order valence-electron chi connectivity index (χ0n) is 11.2. The highest BCUT2D eigenvalue weighted by Gasteiger charge is 2.36. The Labute approximate surface area is 123 Å². The molecule has 2 rings (SSSR count). The summed E-state index contributed by atoms with van der Waals surface area (Å²) in [7, 11) is 0. The largest absolute Gasteiger partial charge is 0.333 e. The second-order valence-electron chi connectivity index (χ2n) is 5.44. The van der Waals surface area contributed by atoms with Crippen molar-refractivity contribution in [3.05, 3.63) is 33.4 Å². The first-order valence-electron chi connectivity index (χ1n) is 6.59. The molecular weight excluding hydrogens is 337 g/mol. The number of hydrogen-bond donors (Lipinski definition) is 0. The van der Waals surface area contributed by atoms with E-state index in [1.807, 2.05) is 24.3 Å². The van der Waals surface area contributed by atoms with E-state index in [2.05, 4.69) is 48.3 Å². The van der Waals surface area contributed by atoms with Crippen molar-refractivity contribution in [1.82, 2.24) is 4.90 Å². The monoisotopic (exact) mass is 357 g/mol. The Kier molecular flexibility index (Phi) is 4.30. The van der Waals surface area contributed by atoms with Gasteiger partial charge in [0, 0.05) is 21.2 Å². The molecule has 0 N–H and O–H groups in total. The molecule has 1 aliphatic rings. The zero-order valence-corrected chi connectivity index (χ0v) is 13.3. The zero-order chi connectivity index (χ0) is 13.3. The third-order valence-corrected chi connectivity index (χ3v) is 4.32. The molecule has 1 aliphatic carbocycles. The first-order chi connectivity index (χ1) is 8.50. The van der Waals surface area contributed by atoms with E-state index in [0.29, 0.717) is 18.0 Å². The summed E-state index contributed by atoms with van der Waals surface area (Å²) in [4.78, 5) is 14.7. The standard InChI is InChI=1S/C15H20INO/c1-10(2)11(3)17(14-7-8-14)15(18)12-5-4-6-13(16)9-12/h4-6,9-11,14H,7-8H2,1-3H3. The van der Waals surface area contributed by atoms with Crippen LogP contribution in [0.4, 0.5) is 0 Å². The minimum absolute atomic E-state index is 0.192. The third kappa shape index (κ3) is 3.05. The van der Waals surface area contributed by atoms with Crippen molar-refractivity contribution in [2.45, 2.75) is 45.7 Å². The van der Waals surface area contributed by atoms with Crippen LogP contribution in [0.25, 0.3) is 0 Å². The average molecular weight is 357 g/mol. The number of nitrogens with zero attached hydrogens (tertiary/aromatic N) is 1. The second kappa shape index (κ2) is 5.59. The highest BCUT2D eigenvalue weighted by molar-refractivity contribution is 14.1. The van der Waals surface area contributed by atoms with Gasteiger partial charge in [-0.3, -0.25) is 4.79 Å². The van der Waals surface area contributed by atoms with Crippen LogP contribution in [0.15, 0.2) is 24.3 Å². The van der Waals surface area contributed by atoms with Gasteiger partial charge in [0.15, 0.2) is 0 Å². The van der Waals surface area contributed by atoms with Gasteiger partial charge in [0.05, 0.1) is 0 Å². The number of hydrogen-bond acceptors (Lipinski definition) is 1. The molecule has 0 heterocycles. The summed E-state index contributed by atoms with van der Waals surface area (Å²) in [5.74, 6) is 0.689. The van der Waals surface area contributed by atoms with Crippen molar-refractivity contribution in [2.75, 3.05) is 0 Å². The Balaban J connectivity index is 2.23. The van der Waals surface area contributed by atoms with Gasteiger partial charge < -0.3 is 4.90 Å². The molecule has 1 aromatic rings. The summed E-state index contributed by atoms with van der Waals surface area (Å²) in [5.41, 5.74) is 0.821. The number of carbonyl (C=O) groups excluding carboxylic acids is 1. The van der Waals surface area contributed by atoms with E-state index in [4.69, 9.17) is 0 Å². The lowest BCUT2D eigenvalue weighted by Gasteiger charge is -2.32. The van der Waals surface area contributed by atoms with Crippen molar-refractivity contribution < 1.29 is 4.79 Å². The maximum atomic E-state index is 12.6. The lowest BCUT2D eigenvalue weighted by molar-refractivity contribution is 0.0628. The molecule has 1 atom stereocenters. The van der Waals surface area contributed by atoms with Crippen LogP contribution in [0.1, 0.15) is 44.0 Å². The summed E-state index contributed by atoms with van der Waals surface area (Å²) in [5, 5.41) is 0. The van der Waals surface area contributed by atoms with Gasteiger partial charge in [-0.1, -0.05) is 19.9 Å². The summed E-state index contributed by atoms with van der Waals surface area (Å²) in [6.07, 6.45) is 2.32. The fraction of sp³-hybridized carbons (Fsp3) is 0.533. The van der Waals surface area contributed by atoms with Gasteiger partial charge in [-0.15, -0.1) is 0 Å². The molecule has 0 saturated heterocycles. The van der Waals surface area contributed by atoms with Crippen LogP contribution >= 0.6 is 22.6 Å². The van der Waals surface area contributed by atoms with Crippen LogP contribution in [-0.2, 0) is 0 Å². The maximum Gasteiger partial charge on any atom is 0.254 e. The number of benzene rings is 1. The Bertz CT molecular complexity index is 440. The van der Waals surface area contributed by atoms with Crippen molar-refractivity contribution >= 4 is 28.5 Å². The van der Waals surface area contributed by atoms with E-state index in [1.54, 1.807) is 0 Å². The molecule has 1 unspecified atom stereocenters. The lowest BCUT2D eigenvalue weighted by atomic mass is 10.0. The lowest BCUT2D eigenvalue weighted by Crippen LogP contribution is -2.43. The molecule has 1 aromatic carbocycles. The highest BCUT2D eigenvalue weighted by atomic mass is 127. The van der Waals surface area contributed by atoms with E-state index < -0.39 is 0 Å². The molecule has 0 aromatic heterocycles. The predicted octanol–water partition coefficient (Wildman–Crippen LogP) is 3.94.